The van der Waals surface area contributed by atoms with Crippen LogP contribution in [-0.2, 0) is 14.8 Å². The first-order valence-corrected chi connectivity index (χ1v) is 8.93. The van der Waals surface area contributed by atoms with Crippen LogP contribution in [0.25, 0.3) is 0 Å². The molecule has 1 fully saturated rings. The smallest absolute Gasteiger partial charge is 0.223 e. The lowest BCUT2D eigenvalue weighted by Gasteiger charge is -2.32. The van der Waals surface area contributed by atoms with Crippen LogP contribution in [0.3, 0.4) is 0 Å². The molecule has 0 N–H and O–H groups in total. The number of unbranched alkanes of at least 4 members (excludes halogenated alkanes) is 1. The van der Waals surface area contributed by atoms with Crippen molar-refractivity contribution < 1.29 is 13.2 Å². The van der Waals surface area contributed by atoms with Gasteiger partial charge in [0.15, 0.2) is 0 Å². The molecule has 0 aromatic heterocycles. The molecule has 1 heterocycles. The van der Waals surface area contributed by atoms with E-state index in [9.17, 15) is 13.2 Å². The summed E-state index contributed by atoms with van der Waals surface area (Å²) >= 11 is 0. The highest BCUT2D eigenvalue weighted by Gasteiger charge is 2.37. The number of carbonyl (C=O) groups is 1. The summed E-state index contributed by atoms with van der Waals surface area (Å²) in [6.45, 7) is 9.09. The number of carbonyl (C=O) groups excluding carboxylic acids is 1. The van der Waals surface area contributed by atoms with Crippen LogP contribution < -0.4 is 0 Å². The van der Waals surface area contributed by atoms with E-state index in [-0.39, 0.29) is 23.1 Å². The summed E-state index contributed by atoms with van der Waals surface area (Å²) in [5.74, 6) is 0.425. The van der Waals surface area contributed by atoms with E-state index in [1.165, 1.54) is 4.31 Å². The Kier molecular flexibility index (Phi) is 5.61. The van der Waals surface area contributed by atoms with Crippen LogP contribution in [0.2, 0.25) is 0 Å². The minimum atomic E-state index is -3.18. The van der Waals surface area contributed by atoms with Gasteiger partial charge in [-0.15, -0.1) is 0 Å². The van der Waals surface area contributed by atoms with E-state index < -0.39 is 10.0 Å². The summed E-state index contributed by atoms with van der Waals surface area (Å²) < 4.78 is 25.6. The quantitative estimate of drug-likeness (QED) is 0.750. The first-order chi connectivity index (χ1) is 9.08. The maximum absolute atomic E-state index is 12.1. The lowest BCUT2D eigenvalue weighted by molar-refractivity contribution is -0.131. The van der Waals surface area contributed by atoms with Crippen LogP contribution in [0.1, 0.15) is 47.0 Å². The number of hydrogen-bond acceptors (Lipinski definition) is 3. The zero-order valence-electron chi connectivity index (χ0n) is 13.3. The monoisotopic (exact) mass is 304 g/mol. The molecule has 5 nitrogen and oxygen atoms in total. The van der Waals surface area contributed by atoms with Gasteiger partial charge in [-0.1, -0.05) is 13.3 Å². The number of nitrogens with zero attached hydrogens (tertiary/aromatic N) is 2. The van der Waals surface area contributed by atoms with Gasteiger partial charge in [-0.25, -0.2) is 12.7 Å². The summed E-state index contributed by atoms with van der Waals surface area (Å²) in [5.41, 5.74) is -0.189. The second-order valence-corrected chi connectivity index (χ2v) is 8.89. The number of rotatable bonds is 6. The van der Waals surface area contributed by atoms with E-state index in [0.717, 1.165) is 6.42 Å². The van der Waals surface area contributed by atoms with Crippen LogP contribution in [0.5, 0.6) is 0 Å². The molecule has 118 valence electrons. The summed E-state index contributed by atoms with van der Waals surface area (Å²) in [6, 6.07) is 0. The summed E-state index contributed by atoms with van der Waals surface area (Å²) in [7, 11) is -1.56. The zero-order chi connectivity index (χ0) is 15.6. The zero-order valence-corrected chi connectivity index (χ0v) is 14.2. The molecule has 20 heavy (non-hydrogen) atoms. The molecule has 0 unspecified atom stereocenters. The standard InChI is InChI=1S/C14H28N2O3S/c1-6-7-8-20(18,19)15(5)10-12-9-13(17)16(11-12)14(2,3)4/h12H,6-11H2,1-5H3/t12-/m1/s1. The molecule has 0 aliphatic carbocycles. The molecule has 0 saturated carbocycles. The van der Waals surface area contributed by atoms with Crippen LogP contribution >= 0.6 is 0 Å². The Bertz CT molecular complexity index is 440. The van der Waals surface area contributed by atoms with Crippen LogP contribution in [0.15, 0.2) is 0 Å². The Morgan fingerprint density at radius 2 is 1.95 bits per heavy atom. The predicted molar refractivity (Wildman–Crippen MR) is 80.9 cm³/mol. The van der Waals surface area contributed by atoms with Gasteiger partial charge in [0.25, 0.3) is 0 Å². The Labute approximate surface area is 123 Å². The number of likely N-dealkylation sites (tertiary alicyclic amines) is 1. The Morgan fingerprint density at radius 3 is 2.40 bits per heavy atom. The minimum Gasteiger partial charge on any atom is -0.338 e. The van der Waals surface area contributed by atoms with Gasteiger partial charge in [0.05, 0.1) is 5.75 Å². The molecule has 0 spiro atoms. The third-order valence-electron chi connectivity index (χ3n) is 3.76. The predicted octanol–water partition coefficient (Wildman–Crippen LogP) is 1.70. The van der Waals surface area contributed by atoms with Crippen LogP contribution in [0.4, 0.5) is 0 Å². The van der Waals surface area contributed by atoms with Gasteiger partial charge in [0, 0.05) is 32.1 Å². The third kappa shape index (κ3) is 4.45. The van der Waals surface area contributed by atoms with Crippen molar-refractivity contribution in [3.8, 4) is 0 Å². The maximum atomic E-state index is 12.1. The van der Waals surface area contributed by atoms with E-state index in [1.54, 1.807) is 7.05 Å². The van der Waals surface area contributed by atoms with E-state index >= 15 is 0 Å². The summed E-state index contributed by atoms with van der Waals surface area (Å²) in [6.07, 6.45) is 2.00. The van der Waals surface area contributed by atoms with Crippen LogP contribution in [0, 0.1) is 5.92 Å². The van der Waals surface area contributed by atoms with Gasteiger partial charge in [0.1, 0.15) is 0 Å². The second-order valence-electron chi connectivity index (χ2n) is 6.70. The molecular weight excluding hydrogens is 276 g/mol. The van der Waals surface area contributed by atoms with E-state index in [4.69, 9.17) is 0 Å². The van der Waals surface area contributed by atoms with Gasteiger partial charge in [-0.3, -0.25) is 4.79 Å². The van der Waals surface area contributed by atoms with Gasteiger partial charge < -0.3 is 4.90 Å². The average Bonchev–Trinajstić information content (AvgIpc) is 2.67. The molecule has 1 rings (SSSR count). The highest BCUT2D eigenvalue weighted by atomic mass is 32.2. The fourth-order valence-electron chi connectivity index (χ4n) is 2.51. The molecular formula is C14H28N2O3S. The van der Waals surface area contributed by atoms with Crippen molar-refractivity contribution in [2.45, 2.75) is 52.5 Å². The lowest BCUT2D eigenvalue weighted by Crippen LogP contribution is -2.43. The first-order valence-electron chi connectivity index (χ1n) is 7.32. The molecule has 0 aromatic rings. The molecule has 6 heteroatoms. The molecule has 1 saturated heterocycles. The number of amides is 1. The first kappa shape index (κ1) is 17.4. The fourth-order valence-corrected chi connectivity index (χ4v) is 3.91. The van der Waals surface area contributed by atoms with Gasteiger partial charge in [-0.05, 0) is 33.1 Å². The van der Waals surface area contributed by atoms with Crippen molar-refractivity contribution >= 4 is 15.9 Å². The highest BCUT2D eigenvalue weighted by molar-refractivity contribution is 7.89. The molecule has 1 aliphatic heterocycles. The SMILES string of the molecule is CCCCS(=O)(=O)N(C)C[C@H]1CC(=O)N(C(C)(C)C)C1. The molecule has 0 radical (unpaired) electrons. The minimum absolute atomic E-state index is 0.100. The van der Waals surface area contributed by atoms with Crippen molar-refractivity contribution in [1.29, 1.82) is 0 Å². The molecule has 1 atom stereocenters. The van der Waals surface area contributed by atoms with Crippen molar-refractivity contribution in [2.24, 2.45) is 5.92 Å². The topological polar surface area (TPSA) is 57.7 Å². The van der Waals surface area contributed by atoms with E-state index in [1.807, 2.05) is 32.6 Å². The third-order valence-corrected chi connectivity index (χ3v) is 5.66. The highest BCUT2D eigenvalue weighted by Crippen LogP contribution is 2.26. The van der Waals surface area contributed by atoms with Crippen molar-refractivity contribution in [3.05, 3.63) is 0 Å². The van der Waals surface area contributed by atoms with Crippen molar-refractivity contribution in [2.75, 3.05) is 25.9 Å². The van der Waals surface area contributed by atoms with Crippen molar-refractivity contribution in [3.63, 3.8) is 0 Å². The van der Waals surface area contributed by atoms with E-state index in [2.05, 4.69) is 0 Å². The Balaban J connectivity index is 2.61. The maximum Gasteiger partial charge on any atom is 0.223 e. The van der Waals surface area contributed by atoms with E-state index in [0.29, 0.717) is 25.9 Å². The average molecular weight is 304 g/mol. The molecule has 0 bridgehead atoms. The number of sulfonamides is 1. The summed E-state index contributed by atoms with van der Waals surface area (Å²) in [4.78, 5) is 13.8. The fraction of sp³-hybridized carbons (Fsp3) is 0.929. The van der Waals surface area contributed by atoms with Gasteiger partial charge in [-0.2, -0.15) is 0 Å². The second kappa shape index (κ2) is 6.43. The molecule has 1 aliphatic rings. The Morgan fingerprint density at radius 1 is 1.35 bits per heavy atom. The molecule has 0 aromatic carbocycles. The number of hydrogen-bond donors (Lipinski definition) is 0. The molecule has 1 amide bonds. The van der Waals surface area contributed by atoms with Crippen molar-refractivity contribution in [1.82, 2.24) is 9.21 Å². The van der Waals surface area contributed by atoms with Crippen LogP contribution in [-0.4, -0.2) is 55.0 Å². The Hall–Kier alpha value is -0.620. The summed E-state index contributed by atoms with van der Waals surface area (Å²) in [5, 5.41) is 0. The van der Waals surface area contributed by atoms with Gasteiger partial charge >= 0.3 is 0 Å². The normalized spacial score (nSPS) is 21.0. The largest absolute Gasteiger partial charge is 0.338 e. The van der Waals surface area contributed by atoms with Gasteiger partial charge in [0.2, 0.25) is 15.9 Å². The lowest BCUT2D eigenvalue weighted by atomic mass is 10.1.